The van der Waals surface area contributed by atoms with Crippen LogP contribution in [0.4, 0.5) is 5.69 Å². The molecule has 0 spiro atoms. The van der Waals surface area contributed by atoms with Crippen LogP contribution >= 0.6 is 0 Å². The first-order valence-electron chi connectivity index (χ1n) is 6.96. The summed E-state index contributed by atoms with van der Waals surface area (Å²) in [5.41, 5.74) is 1.12. The molecule has 6 heteroatoms. The summed E-state index contributed by atoms with van der Waals surface area (Å²) in [6, 6.07) is 7.17. The van der Waals surface area contributed by atoms with Gasteiger partial charge in [0.25, 0.3) is 5.91 Å². The highest BCUT2D eigenvalue weighted by Crippen LogP contribution is 2.20. The lowest BCUT2D eigenvalue weighted by atomic mass is 10.2. The van der Waals surface area contributed by atoms with Crippen molar-refractivity contribution in [3.8, 4) is 0 Å². The Morgan fingerprint density at radius 3 is 2.81 bits per heavy atom. The molecule has 2 rings (SSSR count). The lowest BCUT2D eigenvalue weighted by Gasteiger charge is -2.08. The van der Waals surface area contributed by atoms with Gasteiger partial charge in [0.1, 0.15) is 6.61 Å². The third kappa shape index (κ3) is 5.53. The molecule has 0 aliphatic heterocycles. The first kappa shape index (κ1) is 15.5. The van der Waals surface area contributed by atoms with Gasteiger partial charge in [-0.2, -0.15) is 0 Å². The minimum atomic E-state index is -0.258. The summed E-state index contributed by atoms with van der Waals surface area (Å²) in [7, 11) is 1.57. The number of ether oxygens (including phenoxy) is 2. The summed E-state index contributed by atoms with van der Waals surface area (Å²) in [6.07, 6.45) is 2.09. The fourth-order valence-electron chi connectivity index (χ4n) is 1.74. The van der Waals surface area contributed by atoms with Gasteiger partial charge in [-0.1, -0.05) is 6.07 Å². The number of amides is 2. The van der Waals surface area contributed by atoms with Crippen LogP contribution in [-0.4, -0.2) is 44.8 Å². The largest absolute Gasteiger partial charge is 0.382 e. The summed E-state index contributed by atoms with van der Waals surface area (Å²) in [5, 5.41) is 5.61. The lowest BCUT2D eigenvalue weighted by molar-refractivity contribution is -0.121. The molecule has 0 aromatic heterocycles. The van der Waals surface area contributed by atoms with Crippen LogP contribution in [-0.2, 0) is 14.3 Å². The van der Waals surface area contributed by atoms with Crippen LogP contribution in [0.25, 0.3) is 0 Å². The molecule has 1 fully saturated rings. The van der Waals surface area contributed by atoms with Crippen LogP contribution in [0.15, 0.2) is 24.3 Å². The predicted octanol–water partition coefficient (Wildman–Crippen LogP) is 1.18. The lowest BCUT2D eigenvalue weighted by Crippen LogP contribution is -2.25. The summed E-state index contributed by atoms with van der Waals surface area (Å²) < 4.78 is 9.95. The van der Waals surface area contributed by atoms with E-state index in [2.05, 4.69) is 10.6 Å². The van der Waals surface area contributed by atoms with Crippen molar-refractivity contribution in [2.45, 2.75) is 18.9 Å². The number of benzene rings is 1. The van der Waals surface area contributed by atoms with Crippen molar-refractivity contribution in [3.05, 3.63) is 29.8 Å². The molecule has 0 unspecified atom stereocenters. The summed E-state index contributed by atoms with van der Waals surface area (Å²) >= 11 is 0. The predicted molar refractivity (Wildman–Crippen MR) is 78.3 cm³/mol. The molecule has 2 amide bonds. The van der Waals surface area contributed by atoms with Crippen molar-refractivity contribution in [2.75, 3.05) is 32.2 Å². The third-order valence-corrected chi connectivity index (χ3v) is 2.99. The van der Waals surface area contributed by atoms with Crippen LogP contribution in [0, 0.1) is 0 Å². The second kappa shape index (κ2) is 7.75. The Kier molecular flexibility index (Phi) is 5.71. The minimum Gasteiger partial charge on any atom is -0.382 e. The Bertz CT molecular complexity index is 500. The van der Waals surface area contributed by atoms with Gasteiger partial charge in [-0.25, -0.2) is 0 Å². The highest BCUT2D eigenvalue weighted by Gasteiger charge is 2.23. The van der Waals surface area contributed by atoms with Crippen molar-refractivity contribution in [1.82, 2.24) is 5.32 Å². The molecule has 1 saturated carbocycles. The minimum absolute atomic E-state index is 0.0398. The van der Waals surface area contributed by atoms with E-state index in [1.165, 1.54) is 0 Å². The van der Waals surface area contributed by atoms with E-state index in [1.807, 2.05) is 0 Å². The molecule has 6 nitrogen and oxygen atoms in total. The smallest absolute Gasteiger partial charge is 0.251 e. The Balaban J connectivity index is 1.82. The van der Waals surface area contributed by atoms with Crippen LogP contribution in [0.1, 0.15) is 23.2 Å². The normalized spacial score (nSPS) is 13.8. The fourth-order valence-corrected chi connectivity index (χ4v) is 1.74. The average Bonchev–Trinajstić information content (AvgIpc) is 3.28. The van der Waals surface area contributed by atoms with Gasteiger partial charge in [0.15, 0.2) is 0 Å². The first-order chi connectivity index (χ1) is 10.2. The molecule has 2 N–H and O–H groups in total. The molecule has 1 aromatic rings. The van der Waals surface area contributed by atoms with E-state index in [1.54, 1.807) is 31.4 Å². The molecular weight excluding hydrogens is 272 g/mol. The molecule has 1 aliphatic rings. The van der Waals surface area contributed by atoms with Gasteiger partial charge in [0.05, 0.1) is 13.2 Å². The van der Waals surface area contributed by atoms with Gasteiger partial charge in [-0.3, -0.25) is 9.59 Å². The molecule has 1 aromatic carbocycles. The molecule has 0 radical (unpaired) electrons. The number of hydrogen-bond donors (Lipinski definition) is 2. The number of anilines is 1. The number of carbonyl (C=O) groups excluding carboxylic acids is 2. The summed E-state index contributed by atoms with van der Waals surface area (Å²) in [6.45, 7) is 0.777. The summed E-state index contributed by atoms with van der Waals surface area (Å²) in [5.74, 6) is -0.365. The Labute approximate surface area is 123 Å². The summed E-state index contributed by atoms with van der Waals surface area (Å²) in [4.78, 5) is 23.6. The zero-order valence-corrected chi connectivity index (χ0v) is 12.1. The molecule has 114 valence electrons. The number of hydrogen-bond acceptors (Lipinski definition) is 4. The zero-order valence-electron chi connectivity index (χ0n) is 12.1. The van der Waals surface area contributed by atoms with E-state index in [0.29, 0.717) is 30.5 Å². The standard InChI is InChI=1S/C15H20N2O4/c1-20-7-8-21-10-14(18)16-13-4-2-3-11(9-13)15(19)17-12-5-6-12/h2-4,9,12H,5-8,10H2,1H3,(H,16,18)(H,17,19). The quantitative estimate of drug-likeness (QED) is 0.705. The molecule has 0 heterocycles. The molecule has 1 aliphatic carbocycles. The van der Waals surface area contributed by atoms with Crippen LogP contribution in [0.2, 0.25) is 0 Å². The van der Waals surface area contributed by atoms with Gasteiger partial charge in [0, 0.05) is 24.4 Å². The van der Waals surface area contributed by atoms with Crippen LogP contribution in [0.5, 0.6) is 0 Å². The van der Waals surface area contributed by atoms with E-state index in [-0.39, 0.29) is 18.4 Å². The van der Waals surface area contributed by atoms with Crippen molar-refractivity contribution in [2.24, 2.45) is 0 Å². The molecule has 0 bridgehead atoms. The maximum atomic E-state index is 11.9. The molecule has 21 heavy (non-hydrogen) atoms. The van der Waals surface area contributed by atoms with Crippen molar-refractivity contribution >= 4 is 17.5 Å². The van der Waals surface area contributed by atoms with Gasteiger partial charge < -0.3 is 20.1 Å². The van der Waals surface area contributed by atoms with Gasteiger partial charge in [-0.15, -0.1) is 0 Å². The zero-order chi connectivity index (χ0) is 15.1. The molecule has 0 saturated heterocycles. The second-order valence-corrected chi connectivity index (χ2v) is 4.92. The Morgan fingerprint density at radius 2 is 2.10 bits per heavy atom. The van der Waals surface area contributed by atoms with E-state index >= 15 is 0 Å². The highest BCUT2D eigenvalue weighted by atomic mass is 16.5. The number of rotatable bonds is 8. The van der Waals surface area contributed by atoms with Crippen LogP contribution in [0.3, 0.4) is 0 Å². The number of nitrogens with one attached hydrogen (secondary N) is 2. The van der Waals surface area contributed by atoms with E-state index in [4.69, 9.17) is 9.47 Å². The van der Waals surface area contributed by atoms with Crippen molar-refractivity contribution in [1.29, 1.82) is 0 Å². The average molecular weight is 292 g/mol. The monoisotopic (exact) mass is 292 g/mol. The third-order valence-electron chi connectivity index (χ3n) is 2.99. The van der Waals surface area contributed by atoms with E-state index in [9.17, 15) is 9.59 Å². The Morgan fingerprint density at radius 1 is 1.29 bits per heavy atom. The van der Waals surface area contributed by atoms with Crippen LogP contribution < -0.4 is 10.6 Å². The SMILES string of the molecule is COCCOCC(=O)Nc1cccc(C(=O)NC2CC2)c1. The maximum Gasteiger partial charge on any atom is 0.251 e. The maximum absolute atomic E-state index is 11.9. The van der Waals surface area contributed by atoms with E-state index < -0.39 is 0 Å². The van der Waals surface area contributed by atoms with Gasteiger partial charge >= 0.3 is 0 Å². The highest BCUT2D eigenvalue weighted by molar-refractivity contribution is 5.97. The van der Waals surface area contributed by atoms with Gasteiger partial charge in [0.2, 0.25) is 5.91 Å². The van der Waals surface area contributed by atoms with Crippen molar-refractivity contribution < 1.29 is 19.1 Å². The Hall–Kier alpha value is -1.92. The number of methoxy groups -OCH3 is 1. The van der Waals surface area contributed by atoms with Crippen molar-refractivity contribution in [3.63, 3.8) is 0 Å². The topological polar surface area (TPSA) is 76.7 Å². The fraction of sp³-hybridized carbons (Fsp3) is 0.467. The number of carbonyl (C=O) groups is 2. The van der Waals surface area contributed by atoms with Gasteiger partial charge in [-0.05, 0) is 31.0 Å². The molecule has 0 atom stereocenters. The second-order valence-electron chi connectivity index (χ2n) is 4.92. The first-order valence-corrected chi connectivity index (χ1v) is 6.96. The molecular formula is C15H20N2O4. The van der Waals surface area contributed by atoms with E-state index in [0.717, 1.165) is 12.8 Å².